The van der Waals surface area contributed by atoms with E-state index in [2.05, 4.69) is 31.4 Å². The molecule has 1 aromatic rings. The lowest BCUT2D eigenvalue weighted by Gasteiger charge is -2.04. The van der Waals surface area contributed by atoms with Crippen LogP contribution in [0.2, 0.25) is 0 Å². The summed E-state index contributed by atoms with van der Waals surface area (Å²) in [4.78, 5) is 1.33. The number of thioether (sulfide) groups is 1. The third-order valence-electron chi connectivity index (χ3n) is 3.33. The fraction of sp³-hybridized carbons (Fsp3) is 0.500. The van der Waals surface area contributed by atoms with Gasteiger partial charge in [-0.3, -0.25) is 0 Å². The monoisotopic (exact) mass is 290 g/mol. The molecule has 2 heteroatoms. The molecule has 0 unspecified atom stereocenters. The number of ether oxygens (including phenoxy) is 1. The smallest absolute Gasteiger partial charge is 0.118 e. The van der Waals surface area contributed by atoms with Gasteiger partial charge in [0.1, 0.15) is 5.75 Å². The Hall–Kier alpha value is -1.11. The molecule has 0 heterocycles. The van der Waals surface area contributed by atoms with Gasteiger partial charge < -0.3 is 4.74 Å². The van der Waals surface area contributed by atoms with Crippen molar-refractivity contribution in [1.29, 1.82) is 0 Å². The Morgan fingerprint density at radius 3 is 2.40 bits per heavy atom. The standard InChI is InChI=1S/C18H26OS/c1-4-16(2)10-8-6-5-7-9-15-20-18-13-11-17(19-3)12-14-18/h11-14H,1,5-10,15H2,2-3H3. The van der Waals surface area contributed by atoms with Gasteiger partial charge in [0.05, 0.1) is 7.11 Å². The molecule has 0 bridgehead atoms. The summed E-state index contributed by atoms with van der Waals surface area (Å²) in [6.45, 7) is 5.78. The van der Waals surface area contributed by atoms with E-state index in [-0.39, 0.29) is 0 Å². The summed E-state index contributed by atoms with van der Waals surface area (Å²) in [5.41, 5.74) is 4.25. The van der Waals surface area contributed by atoms with Crippen molar-refractivity contribution < 1.29 is 4.74 Å². The van der Waals surface area contributed by atoms with Gasteiger partial charge in [-0.1, -0.05) is 25.8 Å². The molecule has 0 atom stereocenters. The van der Waals surface area contributed by atoms with E-state index in [1.54, 1.807) is 7.11 Å². The van der Waals surface area contributed by atoms with E-state index < -0.39 is 0 Å². The summed E-state index contributed by atoms with van der Waals surface area (Å²) < 4.78 is 5.16. The quantitative estimate of drug-likeness (QED) is 0.303. The molecule has 20 heavy (non-hydrogen) atoms. The summed E-state index contributed by atoms with van der Waals surface area (Å²) in [5, 5.41) is 0. The Kier molecular flexibility index (Phi) is 9.02. The Morgan fingerprint density at radius 2 is 1.75 bits per heavy atom. The van der Waals surface area contributed by atoms with Gasteiger partial charge in [0.15, 0.2) is 0 Å². The van der Waals surface area contributed by atoms with E-state index in [1.807, 2.05) is 23.9 Å². The Morgan fingerprint density at radius 1 is 1.10 bits per heavy atom. The second-order valence-corrected chi connectivity index (χ2v) is 6.17. The van der Waals surface area contributed by atoms with Crippen LogP contribution in [-0.4, -0.2) is 12.9 Å². The van der Waals surface area contributed by atoms with Crippen LogP contribution < -0.4 is 4.74 Å². The predicted octanol–water partition coefficient (Wildman–Crippen LogP) is 5.86. The van der Waals surface area contributed by atoms with E-state index in [0.717, 1.165) is 12.2 Å². The Bertz CT molecular complexity index is 416. The summed E-state index contributed by atoms with van der Waals surface area (Å²) in [6, 6.07) is 8.32. The van der Waals surface area contributed by atoms with Gasteiger partial charge in [-0.2, -0.15) is 0 Å². The molecule has 0 saturated carbocycles. The van der Waals surface area contributed by atoms with Crippen molar-refractivity contribution >= 4 is 11.8 Å². The Labute approximate surface area is 128 Å². The second-order valence-electron chi connectivity index (χ2n) is 5.00. The van der Waals surface area contributed by atoms with Gasteiger partial charge in [0.25, 0.3) is 0 Å². The van der Waals surface area contributed by atoms with Crippen molar-refractivity contribution in [2.24, 2.45) is 0 Å². The van der Waals surface area contributed by atoms with Gasteiger partial charge in [0, 0.05) is 4.90 Å². The molecule has 110 valence electrons. The lowest BCUT2D eigenvalue weighted by Crippen LogP contribution is -1.84. The molecule has 0 N–H and O–H groups in total. The molecule has 0 fully saturated rings. The first kappa shape index (κ1) is 16.9. The van der Waals surface area contributed by atoms with Crippen LogP contribution in [0.15, 0.2) is 47.0 Å². The minimum atomic E-state index is 0.929. The van der Waals surface area contributed by atoms with Crippen LogP contribution in [0.5, 0.6) is 5.75 Å². The van der Waals surface area contributed by atoms with Crippen LogP contribution in [0.25, 0.3) is 0 Å². The number of rotatable bonds is 10. The number of unbranched alkanes of at least 4 members (excludes halogenated alkanes) is 4. The molecular formula is C18H26OS. The summed E-state index contributed by atoms with van der Waals surface area (Å²) in [6.07, 6.45) is 7.73. The number of hydrogen-bond donors (Lipinski definition) is 0. The molecule has 0 spiro atoms. The predicted molar refractivity (Wildman–Crippen MR) is 89.7 cm³/mol. The molecule has 1 nitrogen and oxygen atoms in total. The summed E-state index contributed by atoms with van der Waals surface area (Å²) in [7, 11) is 1.70. The highest BCUT2D eigenvalue weighted by Gasteiger charge is 1.96. The molecule has 0 saturated heterocycles. The van der Waals surface area contributed by atoms with Crippen molar-refractivity contribution in [2.45, 2.75) is 50.3 Å². The Balaban J connectivity index is 2.00. The lowest BCUT2D eigenvalue weighted by molar-refractivity contribution is 0.414. The van der Waals surface area contributed by atoms with Crippen molar-refractivity contribution in [3.8, 4) is 5.75 Å². The number of methoxy groups -OCH3 is 1. The molecule has 0 amide bonds. The zero-order valence-corrected chi connectivity index (χ0v) is 13.6. The molecule has 0 aliphatic heterocycles. The first-order chi connectivity index (χ1) is 9.76. The fourth-order valence-electron chi connectivity index (χ4n) is 1.97. The first-order valence-electron chi connectivity index (χ1n) is 7.38. The van der Waals surface area contributed by atoms with Crippen molar-refractivity contribution in [3.05, 3.63) is 42.1 Å². The zero-order valence-electron chi connectivity index (χ0n) is 12.8. The topological polar surface area (TPSA) is 9.23 Å². The lowest BCUT2D eigenvalue weighted by atomic mass is 10.1. The van der Waals surface area contributed by atoms with Gasteiger partial charge in [-0.05, 0) is 61.8 Å². The van der Waals surface area contributed by atoms with Crippen LogP contribution in [0.1, 0.15) is 45.4 Å². The van der Waals surface area contributed by atoms with Crippen LogP contribution in [-0.2, 0) is 0 Å². The number of allylic oxidation sites excluding steroid dienone is 1. The highest BCUT2D eigenvalue weighted by atomic mass is 32.2. The maximum atomic E-state index is 5.16. The van der Waals surface area contributed by atoms with Gasteiger partial charge in [0.2, 0.25) is 0 Å². The van der Waals surface area contributed by atoms with E-state index in [1.165, 1.54) is 48.3 Å². The summed E-state index contributed by atoms with van der Waals surface area (Å²) in [5.74, 6) is 2.14. The highest BCUT2D eigenvalue weighted by Crippen LogP contribution is 2.22. The van der Waals surface area contributed by atoms with E-state index >= 15 is 0 Å². The first-order valence-corrected chi connectivity index (χ1v) is 8.37. The minimum absolute atomic E-state index is 0.929. The van der Waals surface area contributed by atoms with Crippen LogP contribution in [0.4, 0.5) is 0 Å². The van der Waals surface area contributed by atoms with E-state index in [0.29, 0.717) is 0 Å². The molecule has 0 aliphatic rings. The van der Waals surface area contributed by atoms with Gasteiger partial charge in [-0.15, -0.1) is 17.5 Å². The largest absolute Gasteiger partial charge is 0.497 e. The molecule has 1 rings (SSSR count). The van der Waals surface area contributed by atoms with Crippen LogP contribution in [0.3, 0.4) is 0 Å². The second kappa shape index (κ2) is 10.7. The molecular weight excluding hydrogens is 264 g/mol. The van der Waals surface area contributed by atoms with E-state index in [4.69, 9.17) is 4.74 Å². The summed E-state index contributed by atoms with van der Waals surface area (Å²) >= 11 is 1.93. The normalized spacial score (nSPS) is 10.1. The minimum Gasteiger partial charge on any atom is -0.497 e. The highest BCUT2D eigenvalue weighted by molar-refractivity contribution is 7.99. The molecule has 0 radical (unpaired) electrons. The van der Waals surface area contributed by atoms with E-state index in [9.17, 15) is 0 Å². The van der Waals surface area contributed by atoms with Gasteiger partial charge in [-0.25, -0.2) is 0 Å². The van der Waals surface area contributed by atoms with Crippen molar-refractivity contribution in [1.82, 2.24) is 0 Å². The van der Waals surface area contributed by atoms with Crippen molar-refractivity contribution in [2.75, 3.05) is 12.9 Å². The molecule has 1 aromatic carbocycles. The average Bonchev–Trinajstić information content (AvgIpc) is 2.50. The average molecular weight is 290 g/mol. The molecule has 0 aromatic heterocycles. The third-order valence-corrected chi connectivity index (χ3v) is 4.42. The maximum Gasteiger partial charge on any atom is 0.118 e. The zero-order chi connectivity index (χ0) is 14.6. The number of hydrogen-bond acceptors (Lipinski definition) is 2. The number of benzene rings is 1. The fourth-order valence-corrected chi connectivity index (χ4v) is 2.89. The molecule has 0 aliphatic carbocycles. The van der Waals surface area contributed by atoms with Crippen LogP contribution in [0, 0.1) is 0 Å². The van der Waals surface area contributed by atoms with Gasteiger partial charge >= 0.3 is 0 Å². The third kappa shape index (κ3) is 7.47. The maximum absolute atomic E-state index is 5.16. The van der Waals surface area contributed by atoms with Crippen molar-refractivity contribution in [3.63, 3.8) is 0 Å². The van der Waals surface area contributed by atoms with Crippen LogP contribution >= 0.6 is 11.8 Å². The SMILES string of the molecule is C=C=C(C)CCCCCCCSc1ccc(OC)cc1.